The van der Waals surface area contributed by atoms with Crippen molar-refractivity contribution in [2.24, 2.45) is 0 Å². The van der Waals surface area contributed by atoms with Gasteiger partial charge >= 0.3 is 0 Å². The Morgan fingerprint density at radius 1 is 1.41 bits per heavy atom. The number of thiophene rings is 1. The minimum Gasteiger partial charge on any atom is -0.309 e. The predicted molar refractivity (Wildman–Crippen MR) is 74.8 cm³/mol. The zero-order valence-corrected chi connectivity index (χ0v) is 12.9. The van der Waals surface area contributed by atoms with Gasteiger partial charge in [0.1, 0.15) is 5.82 Å². The maximum Gasteiger partial charge on any atom is 0.146 e. The van der Waals surface area contributed by atoms with E-state index in [0.29, 0.717) is 5.56 Å². The molecule has 6 heteroatoms. The zero-order valence-electron chi connectivity index (χ0n) is 8.88. The smallest absolute Gasteiger partial charge is 0.146 e. The molecule has 2 aromatic heterocycles. The molecular weight excluding hydrogens is 371 g/mol. The van der Waals surface area contributed by atoms with Crippen LogP contribution in [0.15, 0.2) is 32.1 Å². The second kappa shape index (κ2) is 5.56. The molecule has 0 bridgehead atoms. The van der Waals surface area contributed by atoms with Crippen molar-refractivity contribution < 1.29 is 4.39 Å². The second-order valence-corrected chi connectivity index (χ2v) is 7.15. The molecule has 2 nitrogen and oxygen atoms in total. The third-order valence-electron chi connectivity index (χ3n) is 2.40. The molecule has 1 unspecified atom stereocenters. The standard InChI is InChI=1S/C11H9Br2FN2S/c1-15-10(6-2-3-16-5-8(6)14)7-4-9(12)17-11(7)13/h2-5,10,15H,1H3. The number of nitrogens with one attached hydrogen (secondary N) is 1. The summed E-state index contributed by atoms with van der Waals surface area (Å²) < 4.78 is 15.7. The molecule has 0 fully saturated rings. The van der Waals surface area contributed by atoms with Crippen molar-refractivity contribution in [3.8, 4) is 0 Å². The van der Waals surface area contributed by atoms with Gasteiger partial charge in [0.15, 0.2) is 0 Å². The van der Waals surface area contributed by atoms with E-state index in [1.54, 1.807) is 23.6 Å². The number of rotatable bonds is 3. The summed E-state index contributed by atoms with van der Waals surface area (Å²) >= 11 is 8.49. The van der Waals surface area contributed by atoms with Gasteiger partial charge < -0.3 is 5.32 Å². The first kappa shape index (κ1) is 13.1. The molecule has 0 saturated heterocycles. The lowest BCUT2D eigenvalue weighted by Gasteiger charge is -2.16. The molecule has 2 rings (SSSR count). The SMILES string of the molecule is CNC(c1ccncc1F)c1cc(Br)sc1Br. The molecule has 2 heterocycles. The number of nitrogens with zero attached hydrogens (tertiary/aromatic N) is 1. The Labute approximate surface area is 120 Å². The molecule has 0 spiro atoms. The van der Waals surface area contributed by atoms with Gasteiger partial charge in [-0.05, 0) is 56.6 Å². The number of pyridine rings is 1. The molecule has 1 N–H and O–H groups in total. The summed E-state index contributed by atoms with van der Waals surface area (Å²) in [5.41, 5.74) is 1.60. The van der Waals surface area contributed by atoms with E-state index in [0.717, 1.165) is 13.1 Å². The minimum absolute atomic E-state index is 0.185. The van der Waals surface area contributed by atoms with E-state index in [9.17, 15) is 4.39 Å². The van der Waals surface area contributed by atoms with E-state index < -0.39 is 0 Å². The number of hydrogen-bond donors (Lipinski definition) is 1. The summed E-state index contributed by atoms with van der Waals surface area (Å²) in [4.78, 5) is 3.76. The van der Waals surface area contributed by atoms with Gasteiger partial charge in [0.2, 0.25) is 0 Å². The van der Waals surface area contributed by atoms with Crippen LogP contribution >= 0.6 is 43.2 Å². The first-order valence-electron chi connectivity index (χ1n) is 4.85. The lowest BCUT2D eigenvalue weighted by Crippen LogP contribution is -2.18. The maximum atomic E-state index is 13.7. The van der Waals surface area contributed by atoms with Gasteiger partial charge in [0.25, 0.3) is 0 Å². The molecule has 0 radical (unpaired) electrons. The van der Waals surface area contributed by atoms with Gasteiger partial charge in [0.05, 0.1) is 19.8 Å². The summed E-state index contributed by atoms with van der Waals surface area (Å²) in [6, 6.07) is 3.49. The molecule has 17 heavy (non-hydrogen) atoms. The summed E-state index contributed by atoms with van der Waals surface area (Å²) in [7, 11) is 1.81. The van der Waals surface area contributed by atoms with Gasteiger partial charge in [-0.25, -0.2) is 4.39 Å². The Kier molecular flexibility index (Phi) is 4.30. The molecule has 0 saturated carbocycles. The summed E-state index contributed by atoms with van der Waals surface area (Å²) in [6.07, 6.45) is 2.83. The van der Waals surface area contributed by atoms with Crippen LogP contribution in [-0.2, 0) is 0 Å². The average molecular weight is 380 g/mol. The zero-order chi connectivity index (χ0) is 12.4. The fraction of sp³-hybridized carbons (Fsp3) is 0.182. The van der Waals surface area contributed by atoms with Crippen LogP contribution in [-0.4, -0.2) is 12.0 Å². The van der Waals surface area contributed by atoms with Crippen LogP contribution in [0.3, 0.4) is 0 Å². The van der Waals surface area contributed by atoms with Crippen molar-refractivity contribution in [1.82, 2.24) is 10.3 Å². The fourth-order valence-corrected chi connectivity index (χ4v) is 4.55. The second-order valence-electron chi connectivity index (χ2n) is 3.40. The van der Waals surface area contributed by atoms with E-state index in [-0.39, 0.29) is 11.9 Å². The van der Waals surface area contributed by atoms with Crippen molar-refractivity contribution in [2.75, 3.05) is 7.05 Å². The van der Waals surface area contributed by atoms with Crippen molar-refractivity contribution in [3.63, 3.8) is 0 Å². The molecule has 0 aliphatic heterocycles. The molecule has 0 aliphatic carbocycles. The molecule has 1 atom stereocenters. The third-order valence-corrected chi connectivity index (χ3v) is 4.78. The highest BCUT2D eigenvalue weighted by Gasteiger charge is 2.20. The van der Waals surface area contributed by atoms with Crippen molar-refractivity contribution in [3.05, 3.63) is 49.0 Å². The van der Waals surface area contributed by atoms with Crippen LogP contribution in [0.4, 0.5) is 4.39 Å². The van der Waals surface area contributed by atoms with Crippen molar-refractivity contribution in [1.29, 1.82) is 0 Å². The quantitative estimate of drug-likeness (QED) is 0.867. The molecule has 0 amide bonds. The monoisotopic (exact) mass is 378 g/mol. The van der Waals surface area contributed by atoms with Gasteiger partial charge in [-0.15, -0.1) is 11.3 Å². The molecule has 0 aromatic carbocycles. The highest BCUT2D eigenvalue weighted by molar-refractivity contribution is 9.12. The number of hydrogen-bond acceptors (Lipinski definition) is 3. The van der Waals surface area contributed by atoms with Gasteiger partial charge in [0, 0.05) is 11.8 Å². The third kappa shape index (κ3) is 2.76. The molecule has 0 aliphatic rings. The molecule has 90 valence electrons. The van der Waals surface area contributed by atoms with E-state index >= 15 is 0 Å². The van der Waals surface area contributed by atoms with E-state index in [4.69, 9.17) is 0 Å². The van der Waals surface area contributed by atoms with Crippen molar-refractivity contribution >= 4 is 43.2 Å². The Bertz CT molecular complexity index is 530. The summed E-state index contributed by atoms with van der Waals surface area (Å²) in [5.74, 6) is -0.305. The van der Waals surface area contributed by atoms with Crippen LogP contribution in [0.5, 0.6) is 0 Å². The first-order valence-corrected chi connectivity index (χ1v) is 7.25. The molecular formula is C11H9Br2FN2S. The largest absolute Gasteiger partial charge is 0.309 e. The Hall–Kier alpha value is -0.300. The van der Waals surface area contributed by atoms with Crippen LogP contribution < -0.4 is 5.32 Å². The van der Waals surface area contributed by atoms with E-state index in [1.165, 1.54) is 6.20 Å². The topological polar surface area (TPSA) is 24.9 Å². The predicted octanol–water partition coefficient (Wildman–Crippen LogP) is 4.12. The van der Waals surface area contributed by atoms with Gasteiger partial charge in [-0.1, -0.05) is 0 Å². The summed E-state index contributed by atoms with van der Waals surface area (Å²) in [5, 5.41) is 3.12. The van der Waals surface area contributed by atoms with Crippen LogP contribution in [0.2, 0.25) is 0 Å². The number of halogens is 3. The Morgan fingerprint density at radius 3 is 2.71 bits per heavy atom. The number of aromatic nitrogens is 1. The lowest BCUT2D eigenvalue weighted by molar-refractivity contribution is 0.570. The van der Waals surface area contributed by atoms with Crippen LogP contribution in [0, 0.1) is 5.82 Å². The normalized spacial score (nSPS) is 12.7. The summed E-state index contributed by atoms with van der Waals surface area (Å²) in [6.45, 7) is 0. The Morgan fingerprint density at radius 2 is 2.18 bits per heavy atom. The highest BCUT2D eigenvalue weighted by atomic mass is 79.9. The lowest BCUT2D eigenvalue weighted by atomic mass is 10.0. The Balaban J connectivity index is 2.47. The maximum absolute atomic E-state index is 13.7. The van der Waals surface area contributed by atoms with E-state index in [1.807, 2.05) is 13.1 Å². The first-order chi connectivity index (χ1) is 8.13. The fourth-order valence-electron chi connectivity index (χ4n) is 1.65. The van der Waals surface area contributed by atoms with Gasteiger partial charge in [-0.2, -0.15) is 0 Å². The van der Waals surface area contributed by atoms with Gasteiger partial charge in [-0.3, -0.25) is 4.98 Å². The molecule has 2 aromatic rings. The average Bonchev–Trinajstić information content (AvgIpc) is 2.62. The van der Waals surface area contributed by atoms with Crippen molar-refractivity contribution in [2.45, 2.75) is 6.04 Å². The van der Waals surface area contributed by atoms with Crippen LogP contribution in [0.25, 0.3) is 0 Å². The minimum atomic E-state index is -0.305. The van der Waals surface area contributed by atoms with E-state index in [2.05, 4.69) is 42.2 Å². The highest BCUT2D eigenvalue weighted by Crippen LogP contribution is 2.38. The van der Waals surface area contributed by atoms with Crippen LogP contribution in [0.1, 0.15) is 17.2 Å².